The number of carbonyl (C=O) groups excluding carboxylic acids is 1. The molecule has 0 aliphatic carbocycles. The summed E-state index contributed by atoms with van der Waals surface area (Å²) in [5.41, 5.74) is 4.63. The lowest BCUT2D eigenvalue weighted by atomic mass is 10.1. The second kappa shape index (κ2) is 5.48. The van der Waals surface area contributed by atoms with E-state index in [1.54, 1.807) is 11.3 Å². The number of thiazole rings is 1. The van der Waals surface area contributed by atoms with Gasteiger partial charge in [-0.3, -0.25) is 9.20 Å². The number of carbonyl (C=O) groups is 1. The Bertz CT molecular complexity index is 982. The number of hydrogen-bond acceptors (Lipinski definition) is 3. The molecule has 0 amide bonds. The number of benzene rings is 2. The fraction of sp³-hybridized carbons (Fsp3) is 0.0526. The van der Waals surface area contributed by atoms with Crippen LogP contribution in [-0.4, -0.2) is 15.7 Å². The van der Waals surface area contributed by atoms with Crippen LogP contribution >= 0.6 is 11.3 Å². The summed E-state index contributed by atoms with van der Waals surface area (Å²) in [5, 5.41) is 0. The van der Waals surface area contributed by atoms with Crippen LogP contribution in [0.15, 0.2) is 60.8 Å². The van der Waals surface area contributed by atoms with Gasteiger partial charge in [0.2, 0.25) is 0 Å². The van der Waals surface area contributed by atoms with Gasteiger partial charge in [-0.1, -0.05) is 71.5 Å². The molecule has 0 atom stereocenters. The molecule has 3 nitrogen and oxygen atoms in total. The minimum absolute atomic E-state index is 0.599. The molecule has 4 aromatic rings. The SMILES string of the molecule is Cc1ccc(-c2nc3sc(-c4ccccc4)cn3c2C=O)cc1. The van der Waals surface area contributed by atoms with E-state index in [2.05, 4.69) is 17.1 Å². The van der Waals surface area contributed by atoms with Crippen LogP contribution in [0.5, 0.6) is 0 Å². The molecule has 0 unspecified atom stereocenters. The molecule has 0 spiro atoms. The lowest BCUT2D eigenvalue weighted by Gasteiger charge is -2.00. The Morgan fingerprint density at radius 2 is 1.74 bits per heavy atom. The van der Waals surface area contributed by atoms with E-state index in [0.29, 0.717) is 5.69 Å². The zero-order valence-corrected chi connectivity index (χ0v) is 13.4. The summed E-state index contributed by atoms with van der Waals surface area (Å²) < 4.78 is 1.88. The molecule has 112 valence electrons. The van der Waals surface area contributed by atoms with Gasteiger partial charge in [0.25, 0.3) is 0 Å². The second-order valence-corrected chi connectivity index (χ2v) is 6.45. The number of fused-ring (bicyclic) bond motifs is 1. The molecular formula is C19H14N2OS. The van der Waals surface area contributed by atoms with Gasteiger partial charge in [-0.2, -0.15) is 0 Å². The molecule has 4 heteroatoms. The molecule has 23 heavy (non-hydrogen) atoms. The third kappa shape index (κ3) is 2.37. The van der Waals surface area contributed by atoms with Crippen LogP contribution in [0.3, 0.4) is 0 Å². The van der Waals surface area contributed by atoms with Crippen LogP contribution in [0.2, 0.25) is 0 Å². The molecule has 0 bridgehead atoms. The van der Waals surface area contributed by atoms with Gasteiger partial charge in [-0.05, 0) is 12.5 Å². The van der Waals surface area contributed by atoms with Gasteiger partial charge < -0.3 is 0 Å². The maximum Gasteiger partial charge on any atom is 0.195 e. The molecule has 2 aromatic heterocycles. The molecule has 2 aromatic carbocycles. The summed E-state index contributed by atoms with van der Waals surface area (Å²) in [6.07, 6.45) is 2.88. The van der Waals surface area contributed by atoms with Gasteiger partial charge in [-0.15, -0.1) is 0 Å². The van der Waals surface area contributed by atoms with E-state index in [-0.39, 0.29) is 0 Å². The van der Waals surface area contributed by atoms with Crippen molar-refractivity contribution in [3.63, 3.8) is 0 Å². The monoisotopic (exact) mass is 318 g/mol. The largest absolute Gasteiger partial charge is 0.296 e. The smallest absolute Gasteiger partial charge is 0.195 e. The van der Waals surface area contributed by atoms with Crippen molar-refractivity contribution in [1.82, 2.24) is 9.38 Å². The quantitative estimate of drug-likeness (QED) is 0.506. The van der Waals surface area contributed by atoms with Gasteiger partial charge in [0.15, 0.2) is 11.2 Å². The van der Waals surface area contributed by atoms with E-state index in [4.69, 9.17) is 0 Å². The Kier molecular flexibility index (Phi) is 3.32. The minimum atomic E-state index is 0.599. The molecule has 4 rings (SSSR count). The molecule has 2 heterocycles. The molecular weight excluding hydrogens is 304 g/mol. The van der Waals surface area contributed by atoms with Crippen molar-refractivity contribution < 1.29 is 4.79 Å². The molecule has 0 aliphatic rings. The topological polar surface area (TPSA) is 34.4 Å². The summed E-state index contributed by atoms with van der Waals surface area (Å²) in [5.74, 6) is 0. The number of rotatable bonds is 3. The summed E-state index contributed by atoms with van der Waals surface area (Å²) in [4.78, 5) is 18.3. The Balaban J connectivity index is 1.87. The maximum absolute atomic E-state index is 11.6. The van der Waals surface area contributed by atoms with Crippen molar-refractivity contribution in [2.75, 3.05) is 0 Å². The maximum atomic E-state index is 11.6. The van der Waals surface area contributed by atoms with Gasteiger partial charge in [0.05, 0.1) is 4.88 Å². The average Bonchev–Trinajstić information content (AvgIpc) is 3.14. The van der Waals surface area contributed by atoms with E-state index in [1.807, 2.05) is 60.0 Å². The highest BCUT2D eigenvalue weighted by atomic mass is 32.1. The van der Waals surface area contributed by atoms with Crippen molar-refractivity contribution in [2.24, 2.45) is 0 Å². The van der Waals surface area contributed by atoms with Crippen molar-refractivity contribution in [3.05, 3.63) is 72.1 Å². The molecule has 0 N–H and O–H groups in total. The highest BCUT2D eigenvalue weighted by Crippen LogP contribution is 2.32. The summed E-state index contributed by atoms with van der Waals surface area (Å²) in [6, 6.07) is 18.2. The number of aryl methyl sites for hydroxylation is 1. The lowest BCUT2D eigenvalue weighted by molar-refractivity contribution is 0.111. The molecule has 0 saturated heterocycles. The van der Waals surface area contributed by atoms with Gasteiger partial charge >= 0.3 is 0 Å². The third-order valence-corrected chi connectivity index (χ3v) is 4.89. The van der Waals surface area contributed by atoms with Crippen LogP contribution in [0, 0.1) is 6.92 Å². The van der Waals surface area contributed by atoms with E-state index >= 15 is 0 Å². The predicted octanol–water partition coefficient (Wildman–Crippen LogP) is 4.85. The van der Waals surface area contributed by atoms with E-state index in [9.17, 15) is 4.79 Å². The number of nitrogens with zero attached hydrogens (tertiary/aromatic N) is 2. The first kappa shape index (κ1) is 13.9. The third-order valence-electron chi connectivity index (χ3n) is 3.86. The Labute approximate surface area is 137 Å². The summed E-state index contributed by atoms with van der Waals surface area (Å²) >= 11 is 1.59. The molecule has 0 fully saturated rings. The zero-order chi connectivity index (χ0) is 15.8. The number of aromatic nitrogens is 2. The Morgan fingerprint density at radius 3 is 2.43 bits per heavy atom. The van der Waals surface area contributed by atoms with Crippen LogP contribution in [0.1, 0.15) is 16.1 Å². The Hall–Kier alpha value is -2.72. The van der Waals surface area contributed by atoms with Crippen LogP contribution in [0.4, 0.5) is 0 Å². The first-order chi connectivity index (χ1) is 11.3. The lowest BCUT2D eigenvalue weighted by Crippen LogP contribution is -1.90. The predicted molar refractivity (Wildman–Crippen MR) is 94.1 cm³/mol. The van der Waals surface area contributed by atoms with Gasteiger partial charge in [-0.25, -0.2) is 4.98 Å². The van der Waals surface area contributed by atoms with Gasteiger partial charge in [0, 0.05) is 11.8 Å². The van der Waals surface area contributed by atoms with Crippen molar-refractivity contribution >= 4 is 22.6 Å². The highest BCUT2D eigenvalue weighted by Gasteiger charge is 2.16. The van der Waals surface area contributed by atoms with Gasteiger partial charge in [0.1, 0.15) is 11.4 Å². The van der Waals surface area contributed by atoms with E-state index in [1.165, 1.54) is 5.56 Å². The summed E-state index contributed by atoms with van der Waals surface area (Å²) in [6.45, 7) is 2.04. The first-order valence-electron chi connectivity index (χ1n) is 7.36. The first-order valence-corrected chi connectivity index (χ1v) is 8.17. The number of imidazole rings is 1. The fourth-order valence-corrected chi connectivity index (χ4v) is 3.63. The molecule has 0 aliphatic heterocycles. The number of hydrogen-bond donors (Lipinski definition) is 0. The molecule has 0 radical (unpaired) electrons. The zero-order valence-electron chi connectivity index (χ0n) is 12.6. The van der Waals surface area contributed by atoms with Crippen molar-refractivity contribution in [2.45, 2.75) is 6.92 Å². The van der Waals surface area contributed by atoms with Crippen LogP contribution < -0.4 is 0 Å². The fourth-order valence-electron chi connectivity index (χ4n) is 2.63. The van der Waals surface area contributed by atoms with E-state index < -0.39 is 0 Å². The number of aldehydes is 1. The average molecular weight is 318 g/mol. The van der Waals surface area contributed by atoms with Crippen LogP contribution in [0.25, 0.3) is 26.7 Å². The van der Waals surface area contributed by atoms with Crippen molar-refractivity contribution in [3.8, 4) is 21.7 Å². The van der Waals surface area contributed by atoms with Crippen molar-refractivity contribution in [1.29, 1.82) is 0 Å². The van der Waals surface area contributed by atoms with E-state index in [0.717, 1.165) is 32.9 Å². The standard InChI is InChI=1S/C19H14N2OS/c1-13-7-9-15(10-8-13)18-16(12-22)21-11-17(23-19(21)20-18)14-5-3-2-4-6-14/h2-12H,1H3. The van der Waals surface area contributed by atoms with Crippen LogP contribution in [-0.2, 0) is 0 Å². The molecule has 0 saturated carbocycles. The normalized spacial score (nSPS) is 11.0. The summed E-state index contributed by atoms with van der Waals surface area (Å²) in [7, 11) is 0. The Morgan fingerprint density at radius 1 is 1.00 bits per heavy atom. The minimum Gasteiger partial charge on any atom is -0.296 e. The highest BCUT2D eigenvalue weighted by molar-refractivity contribution is 7.20. The second-order valence-electron chi connectivity index (χ2n) is 5.44.